The van der Waals surface area contributed by atoms with Crippen LogP contribution >= 0.6 is 0 Å². The minimum absolute atomic E-state index is 0. The second-order valence-electron chi connectivity index (χ2n) is 3.70. The first-order chi connectivity index (χ1) is 6.01. The van der Waals surface area contributed by atoms with Crippen LogP contribution in [0.2, 0.25) is 0 Å². The van der Waals surface area contributed by atoms with Gasteiger partial charge in [0.1, 0.15) is 4.75 Å². The standard InChI is InChI=1S/C8H15NO4S.Na.H/c1-5(2)6(10)7(9)8(3,4)14(11,12)13;;/h7H,1,9H2,2-4H3,(H,11,12,13);;/q;+1;-1. The molecule has 1 atom stereocenters. The van der Waals surface area contributed by atoms with Crippen molar-refractivity contribution in [2.24, 2.45) is 5.73 Å². The second-order valence-corrected chi connectivity index (χ2v) is 5.70. The molecule has 0 aliphatic heterocycles. The molecule has 0 saturated heterocycles. The molecule has 0 aliphatic carbocycles. The van der Waals surface area contributed by atoms with Crippen LogP contribution in [0.5, 0.6) is 0 Å². The van der Waals surface area contributed by atoms with Crippen LogP contribution in [0, 0.1) is 0 Å². The third-order valence-electron chi connectivity index (χ3n) is 2.12. The van der Waals surface area contributed by atoms with E-state index in [-0.39, 0.29) is 36.6 Å². The molecule has 0 fully saturated rings. The van der Waals surface area contributed by atoms with Crippen molar-refractivity contribution in [2.75, 3.05) is 0 Å². The topological polar surface area (TPSA) is 97.5 Å². The number of Topliss-reactive ketones (excluding diaryl/α,β-unsaturated/α-hetero) is 1. The SMILES string of the molecule is C=C(C)C(=O)C(N)C(C)(C)S(=O)(=O)O.[H-].[Na+]. The maximum Gasteiger partial charge on any atom is 1.00 e. The van der Waals surface area contributed by atoms with Crippen molar-refractivity contribution in [1.82, 2.24) is 0 Å². The molecule has 0 spiro atoms. The summed E-state index contributed by atoms with van der Waals surface area (Å²) in [6, 6.07) is -1.31. The molecule has 0 rings (SSSR count). The van der Waals surface area contributed by atoms with Crippen molar-refractivity contribution >= 4 is 15.9 Å². The molecule has 0 aliphatic rings. The number of nitrogens with two attached hydrogens (primary N) is 1. The van der Waals surface area contributed by atoms with Gasteiger partial charge in [0.05, 0.1) is 6.04 Å². The molecule has 7 heteroatoms. The molecule has 0 bridgehead atoms. The van der Waals surface area contributed by atoms with E-state index in [9.17, 15) is 13.2 Å². The zero-order valence-electron chi connectivity index (χ0n) is 10.4. The van der Waals surface area contributed by atoms with Gasteiger partial charge in [-0.2, -0.15) is 8.42 Å². The molecule has 0 aromatic heterocycles. The van der Waals surface area contributed by atoms with E-state index in [1.807, 2.05) is 0 Å². The maximum absolute atomic E-state index is 11.3. The number of hydrogen-bond acceptors (Lipinski definition) is 4. The third kappa shape index (κ3) is 3.97. The number of carbonyl (C=O) groups is 1. The van der Waals surface area contributed by atoms with Gasteiger partial charge in [0.15, 0.2) is 5.78 Å². The van der Waals surface area contributed by atoms with E-state index in [4.69, 9.17) is 10.3 Å². The van der Waals surface area contributed by atoms with Gasteiger partial charge in [-0.15, -0.1) is 0 Å². The van der Waals surface area contributed by atoms with E-state index in [0.29, 0.717) is 0 Å². The summed E-state index contributed by atoms with van der Waals surface area (Å²) >= 11 is 0. The summed E-state index contributed by atoms with van der Waals surface area (Å²) in [7, 11) is -4.37. The van der Waals surface area contributed by atoms with E-state index >= 15 is 0 Å². The molecule has 15 heavy (non-hydrogen) atoms. The second kappa shape index (κ2) is 5.56. The van der Waals surface area contributed by atoms with Crippen LogP contribution < -0.4 is 35.3 Å². The average molecular weight is 245 g/mol. The Morgan fingerprint density at radius 1 is 1.53 bits per heavy atom. The van der Waals surface area contributed by atoms with Gasteiger partial charge in [-0.05, 0) is 26.3 Å². The van der Waals surface area contributed by atoms with E-state index < -0.39 is 26.7 Å². The third-order valence-corrected chi connectivity index (χ3v) is 3.70. The fraction of sp³-hybridized carbons (Fsp3) is 0.625. The predicted octanol–water partition coefficient (Wildman–Crippen LogP) is -2.76. The van der Waals surface area contributed by atoms with E-state index in [1.165, 1.54) is 20.8 Å². The fourth-order valence-electron chi connectivity index (χ4n) is 0.742. The summed E-state index contributed by atoms with van der Waals surface area (Å²) in [4.78, 5) is 11.3. The van der Waals surface area contributed by atoms with Gasteiger partial charge in [0.25, 0.3) is 10.1 Å². The van der Waals surface area contributed by atoms with E-state index in [2.05, 4.69) is 6.58 Å². The zero-order chi connectivity index (χ0) is 11.7. The Morgan fingerprint density at radius 3 is 2.07 bits per heavy atom. The molecule has 0 heterocycles. The fourth-order valence-corrected chi connectivity index (χ4v) is 1.17. The Kier molecular flexibility index (Phi) is 6.55. The minimum Gasteiger partial charge on any atom is -1.00 e. The summed E-state index contributed by atoms with van der Waals surface area (Å²) in [5.74, 6) is -0.576. The number of carbonyl (C=O) groups excluding carboxylic acids is 1. The van der Waals surface area contributed by atoms with E-state index in [0.717, 1.165) is 0 Å². The van der Waals surface area contributed by atoms with Crippen LogP contribution in [-0.2, 0) is 14.9 Å². The quantitative estimate of drug-likeness (QED) is 0.318. The monoisotopic (exact) mass is 245 g/mol. The largest absolute Gasteiger partial charge is 1.00 e. The van der Waals surface area contributed by atoms with Crippen molar-refractivity contribution in [3.05, 3.63) is 12.2 Å². The van der Waals surface area contributed by atoms with Crippen molar-refractivity contribution in [2.45, 2.75) is 31.6 Å². The first-order valence-corrected chi connectivity index (χ1v) is 5.38. The molecular formula is C8H16NNaO4S. The van der Waals surface area contributed by atoms with Crippen molar-refractivity contribution in [1.29, 1.82) is 0 Å². The zero-order valence-corrected chi connectivity index (χ0v) is 12.3. The molecule has 0 aromatic rings. The Morgan fingerprint density at radius 2 is 1.87 bits per heavy atom. The van der Waals surface area contributed by atoms with Crippen molar-refractivity contribution < 1.29 is 48.7 Å². The van der Waals surface area contributed by atoms with Gasteiger partial charge in [-0.3, -0.25) is 9.35 Å². The first kappa shape index (κ1) is 17.7. The molecule has 1 unspecified atom stereocenters. The van der Waals surface area contributed by atoms with Crippen LogP contribution in [0.25, 0.3) is 0 Å². The smallest absolute Gasteiger partial charge is 1.00 e. The predicted molar refractivity (Wildman–Crippen MR) is 54.5 cm³/mol. The molecule has 0 aromatic carbocycles. The molecular weight excluding hydrogens is 229 g/mol. The number of rotatable bonds is 4. The molecule has 0 radical (unpaired) electrons. The summed E-state index contributed by atoms with van der Waals surface area (Å²) in [5, 5.41) is 0. The summed E-state index contributed by atoms with van der Waals surface area (Å²) < 4.78 is 29.0. The van der Waals surface area contributed by atoms with Gasteiger partial charge in [-0.25, -0.2) is 0 Å². The normalized spacial score (nSPS) is 13.9. The van der Waals surface area contributed by atoms with Crippen LogP contribution in [0.15, 0.2) is 12.2 Å². The van der Waals surface area contributed by atoms with Crippen molar-refractivity contribution in [3.8, 4) is 0 Å². The minimum atomic E-state index is -4.37. The van der Waals surface area contributed by atoms with Crippen LogP contribution in [0.3, 0.4) is 0 Å². The molecule has 3 N–H and O–H groups in total. The molecule has 5 nitrogen and oxygen atoms in total. The van der Waals surface area contributed by atoms with Gasteiger partial charge >= 0.3 is 29.6 Å². The number of ketones is 1. The van der Waals surface area contributed by atoms with Gasteiger partial charge < -0.3 is 7.16 Å². The van der Waals surface area contributed by atoms with Crippen LogP contribution in [-0.4, -0.2) is 29.5 Å². The Labute approximate surface area is 114 Å². The average Bonchev–Trinajstić information content (AvgIpc) is 1.99. The molecule has 0 amide bonds. The van der Waals surface area contributed by atoms with Gasteiger partial charge in [0, 0.05) is 0 Å². The van der Waals surface area contributed by atoms with Crippen molar-refractivity contribution in [3.63, 3.8) is 0 Å². The summed E-state index contributed by atoms with van der Waals surface area (Å²) in [6.07, 6.45) is 0. The summed E-state index contributed by atoms with van der Waals surface area (Å²) in [5.41, 5.74) is 5.59. The van der Waals surface area contributed by atoms with Gasteiger partial charge in [-0.1, -0.05) is 6.58 Å². The van der Waals surface area contributed by atoms with Gasteiger partial charge in [0.2, 0.25) is 0 Å². The maximum atomic E-state index is 11.3. The van der Waals surface area contributed by atoms with Crippen LogP contribution in [0.4, 0.5) is 0 Å². The Bertz CT molecular complexity index is 366. The number of hydrogen-bond donors (Lipinski definition) is 2. The summed E-state index contributed by atoms with van der Waals surface area (Å²) in [6.45, 7) is 7.18. The molecule has 0 saturated carbocycles. The first-order valence-electron chi connectivity index (χ1n) is 3.94. The van der Waals surface area contributed by atoms with Crippen LogP contribution in [0.1, 0.15) is 22.2 Å². The Hall–Kier alpha value is 0.280. The molecule has 84 valence electrons. The van der Waals surface area contributed by atoms with E-state index in [1.54, 1.807) is 0 Å². The Balaban J connectivity index is -0.000000845.